The molecule has 0 amide bonds. The molecule has 0 radical (unpaired) electrons. The van der Waals surface area contributed by atoms with Crippen molar-refractivity contribution in [1.29, 1.82) is 0 Å². The molecule has 0 spiro atoms. The molecule has 0 saturated heterocycles. The Morgan fingerprint density at radius 3 is 0.733 bits per heavy atom. The van der Waals surface area contributed by atoms with Crippen LogP contribution in [0.1, 0.15) is 66.8 Å². The first-order chi connectivity index (χ1) is 13.8. The highest BCUT2D eigenvalue weighted by Gasteiger charge is 2.25. The SMILES string of the molecule is Cc1c(C)c(C)c(-c2c(C)c(C)c(-c3c(C)c(C)c(C)c(C)c3C)n2C)c(C)c1C. The maximum absolute atomic E-state index is 2.47. The fraction of sp³-hybridized carbons (Fsp3) is 0.448. The van der Waals surface area contributed by atoms with Crippen molar-refractivity contribution in [1.82, 2.24) is 4.57 Å². The molecule has 1 aromatic heterocycles. The van der Waals surface area contributed by atoms with Crippen LogP contribution in [0.15, 0.2) is 0 Å². The van der Waals surface area contributed by atoms with Gasteiger partial charge in [-0.15, -0.1) is 0 Å². The van der Waals surface area contributed by atoms with Crippen LogP contribution in [0.2, 0.25) is 0 Å². The van der Waals surface area contributed by atoms with Crippen LogP contribution in [0.5, 0.6) is 0 Å². The molecule has 160 valence electrons. The second-order valence-corrected chi connectivity index (χ2v) is 9.51. The lowest BCUT2D eigenvalue weighted by atomic mass is 9.86. The Kier molecular flexibility index (Phi) is 5.56. The Hall–Kier alpha value is -2.28. The lowest BCUT2D eigenvalue weighted by molar-refractivity contribution is 0.931. The van der Waals surface area contributed by atoms with Gasteiger partial charge in [0, 0.05) is 18.2 Å². The van der Waals surface area contributed by atoms with Crippen LogP contribution in [-0.4, -0.2) is 4.57 Å². The summed E-state index contributed by atoms with van der Waals surface area (Å²) < 4.78 is 2.47. The fourth-order valence-electron chi connectivity index (χ4n) is 5.39. The van der Waals surface area contributed by atoms with Crippen molar-refractivity contribution in [3.63, 3.8) is 0 Å². The number of rotatable bonds is 2. The molecular weight excluding hydrogens is 362 g/mol. The highest BCUT2D eigenvalue weighted by molar-refractivity contribution is 5.84. The molecule has 0 aliphatic heterocycles. The molecule has 1 nitrogen and oxygen atoms in total. The number of aromatic nitrogens is 1. The van der Waals surface area contributed by atoms with E-state index in [4.69, 9.17) is 0 Å². The first-order valence-corrected chi connectivity index (χ1v) is 11.1. The van der Waals surface area contributed by atoms with Gasteiger partial charge in [0.1, 0.15) is 0 Å². The van der Waals surface area contributed by atoms with E-state index in [1.165, 1.54) is 89.3 Å². The lowest BCUT2D eigenvalue weighted by Crippen LogP contribution is -2.06. The van der Waals surface area contributed by atoms with Crippen molar-refractivity contribution < 1.29 is 0 Å². The van der Waals surface area contributed by atoms with Gasteiger partial charge in [0.25, 0.3) is 0 Å². The van der Waals surface area contributed by atoms with E-state index < -0.39 is 0 Å². The molecule has 30 heavy (non-hydrogen) atoms. The third kappa shape index (κ3) is 2.89. The van der Waals surface area contributed by atoms with Gasteiger partial charge in [0.2, 0.25) is 0 Å². The van der Waals surface area contributed by atoms with E-state index in [-0.39, 0.29) is 0 Å². The van der Waals surface area contributed by atoms with Gasteiger partial charge in [-0.25, -0.2) is 0 Å². The topological polar surface area (TPSA) is 4.93 Å². The van der Waals surface area contributed by atoms with Crippen LogP contribution in [0, 0.1) is 83.1 Å². The van der Waals surface area contributed by atoms with Crippen molar-refractivity contribution >= 4 is 0 Å². The first-order valence-electron chi connectivity index (χ1n) is 11.1. The Bertz CT molecular complexity index is 1050. The normalized spacial score (nSPS) is 11.5. The molecule has 0 bridgehead atoms. The van der Waals surface area contributed by atoms with E-state index in [0.29, 0.717) is 0 Å². The largest absolute Gasteiger partial charge is 0.343 e. The quantitative estimate of drug-likeness (QED) is 0.409. The molecular formula is C29H39N. The van der Waals surface area contributed by atoms with Crippen LogP contribution >= 0.6 is 0 Å². The molecule has 0 aliphatic carbocycles. The van der Waals surface area contributed by atoms with Gasteiger partial charge in [-0.05, 0) is 150 Å². The lowest BCUT2D eigenvalue weighted by Gasteiger charge is -2.22. The molecule has 0 fully saturated rings. The monoisotopic (exact) mass is 401 g/mol. The molecule has 3 rings (SSSR count). The van der Waals surface area contributed by atoms with Gasteiger partial charge in [-0.2, -0.15) is 0 Å². The van der Waals surface area contributed by atoms with E-state index >= 15 is 0 Å². The Morgan fingerprint density at radius 2 is 0.500 bits per heavy atom. The first kappa shape index (κ1) is 22.4. The van der Waals surface area contributed by atoms with Gasteiger partial charge >= 0.3 is 0 Å². The average molecular weight is 402 g/mol. The fourth-order valence-corrected chi connectivity index (χ4v) is 5.39. The summed E-state index contributed by atoms with van der Waals surface area (Å²) in [6, 6.07) is 0. The van der Waals surface area contributed by atoms with Crippen molar-refractivity contribution in [2.75, 3.05) is 0 Å². The van der Waals surface area contributed by atoms with Gasteiger partial charge in [-0.1, -0.05) is 0 Å². The van der Waals surface area contributed by atoms with Crippen molar-refractivity contribution in [3.8, 4) is 22.5 Å². The molecule has 0 atom stereocenters. The van der Waals surface area contributed by atoms with Crippen molar-refractivity contribution in [2.45, 2.75) is 83.1 Å². The molecule has 0 saturated carbocycles. The molecule has 3 aromatic rings. The zero-order valence-electron chi connectivity index (χ0n) is 21.4. The molecule has 2 aromatic carbocycles. The van der Waals surface area contributed by atoms with Gasteiger partial charge in [0.15, 0.2) is 0 Å². The van der Waals surface area contributed by atoms with Crippen LogP contribution in [-0.2, 0) is 7.05 Å². The van der Waals surface area contributed by atoms with Crippen molar-refractivity contribution in [3.05, 3.63) is 66.8 Å². The van der Waals surface area contributed by atoms with E-state index in [1.54, 1.807) is 0 Å². The third-order valence-corrected chi connectivity index (χ3v) is 8.42. The number of benzene rings is 2. The maximum Gasteiger partial charge on any atom is 0.0520 e. The summed E-state index contributed by atoms with van der Waals surface area (Å²) in [5.74, 6) is 0. The molecule has 0 N–H and O–H groups in total. The zero-order valence-corrected chi connectivity index (χ0v) is 21.4. The second-order valence-electron chi connectivity index (χ2n) is 9.51. The summed E-state index contributed by atoms with van der Waals surface area (Å²) in [6.45, 7) is 27.4. The molecule has 0 aliphatic rings. The second kappa shape index (κ2) is 7.45. The number of nitrogens with zero attached hydrogens (tertiary/aromatic N) is 1. The summed E-state index contributed by atoms with van der Waals surface area (Å²) in [6.07, 6.45) is 0. The molecule has 0 unspecified atom stereocenters. The zero-order chi connectivity index (χ0) is 22.8. The highest BCUT2D eigenvalue weighted by Crippen LogP contribution is 2.43. The number of hydrogen-bond donors (Lipinski definition) is 0. The maximum atomic E-state index is 2.47. The van der Waals surface area contributed by atoms with Crippen LogP contribution in [0.4, 0.5) is 0 Å². The summed E-state index contributed by atoms with van der Waals surface area (Å²) >= 11 is 0. The Labute approximate surface area is 184 Å². The third-order valence-electron chi connectivity index (χ3n) is 8.42. The minimum atomic E-state index is 1.37. The minimum Gasteiger partial charge on any atom is -0.343 e. The van der Waals surface area contributed by atoms with Gasteiger partial charge in [0.05, 0.1) is 11.4 Å². The minimum absolute atomic E-state index is 1.37. The summed E-state index contributed by atoms with van der Waals surface area (Å²) in [5.41, 5.74) is 22.6. The standard InChI is InChI=1S/C29H39N/c1-14-16(3)20(7)26(21(8)17(14)4)28-24(11)25(12)29(30(28)13)27-22(9)18(5)15(2)19(6)23(27)10/h1-13H3. The van der Waals surface area contributed by atoms with Crippen LogP contribution < -0.4 is 0 Å². The average Bonchev–Trinajstić information content (AvgIpc) is 2.92. The van der Waals surface area contributed by atoms with E-state index in [9.17, 15) is 0 Å². The summed E-state index contributed by atoms with van der Waals surface area (Å²) in [4.78, 5) is 0. The Morgan fingerprint density at radius 1 is 0.300 bits per heavy atom. The highest BCUT2D eigenvalue weighted by atomic mass is 15.0. The molecule has 1 heteroatoms. The molecule has 1 heterocycles. The number of hydrogen-bond acceptors (Lipinski definition) is 0. The predicted molar refractivity (Wildman–Crippen MR) is 133 cm³/mol. The van der Waals surface area contributed by atoms with E-state index in [0.717, 1.165) is 0 Å². The summed E-state index contributed by atoms with van der Waals surface area (Å²) in [7, 11) is 2.26. The summed E-state index contributed by atoms with van der Waals surface area (Å²) in [5, 5.41) is 0. The van der Waals surface area contributed by atoms with Gasteiger partial charge < -0.3 is 4.57 Å². The van der Waals surface area contributed by atoms with E-state index in [2.05, 4.69) is 94.7 Å². The van der Waals surface area contributed by atoms with Crippen molar-refractivity contribution in [2.24, 2.45) is 7.05 Å². The van der Waals surface area contributed by atoms with Crippen LogP contribution in [0.25, 0.3) is 22.5 Å². The predicted octanol–water partition coefficient (Wildman–Crippen LogP) is 8.06. The van der Waals surface area contributed by atoms with Gasteiger partial charge in [-0.3, -0.25) is 0 Å². The van der Waals surface area contributed by atoms with Crippen LogP contribution in [0.3, 0.4) is 0 Å². The van der Waals surface area contributed by atoms with E-state index in [1.807, 2.05) is 0 Å². The Balaban J connectivity index is 2.48. The smallest absolute Gasteiger partial charge is 0.0520 e.